The molecule has 0 aliphatic carbocycles. The van der Waals surface area contributed by atoms with E-state index in [-0.39, 0.29) is 5.41 Å². The molecule has 0 amide bonds. The molecule has 18 heavy (non-hydrogen) atoms. The maximum absolute atomic E-state index is 10.7. The first-order chi connectivity index (χ1) is 8.40. The van der Waals surface area contributed by atoms with Crippen molar-refractivity contribution in [2.45, 2.75) is 52.4 Å². The third-order valence-corrected chi connectivity index (χ3v) is 3.25. The number of benzene rings is 1. The minimum absolute atomic E-state index is 0.0787. The zero-order valence-electron chi connectivity index (χ0n) is 11.6. The summed E-state index contributed by atoms with van der Waals surface area (Å²) in [6, 6.07) is 5.75. The van der Waals surface area contributed by atoms with Gasteiger partial charge in [-0.2, -0.15) is 0 Å². The summed E-state index contributed by atoms with van der Waals surface area (Å²) in [4.78, 5) is 10.7. The second kappa shape index (κ2) is 5.89. The van der Waals surface area contributed by atoms with Crippen LogP contribution >= 0.6 is 0 Å². The highest BCUT2D eigenvalue weighted by Crippen LogP contribution is 2.36. The molecule has 0 atom stereocenters. The highest BCUT2D eigenvalue weighted by molar-refractivity contribution is 5.62. The highest BCUT2D eigenvalue weighted by Gasteiger charge is 2.25. The molecule has 0 bridgehead atoms. The van der Waals surface area contributed by atoms with E-state index in [9.17, 15) is 4.79 Å². The Balaban J connectivity index is 3.22. The Hall–Kier alpha value is -1.51. The molecule has 1 aromatic carbocycles. The lowest BCUT2D eigenvalue weighted by Gasteiger charge is -2.27. The molecule has 0 spiro atoms. The fourth-order valence-corrected chi connectivity index (χ4v) is 2.27. The summed E-state index contributed by atoms with van der Waals surface area (Å²) in [7, 11) is 0. The number of carbonyl (C=O) groups is 1. The Morgan fingerprint density at radius 2 is 2.00 bits per heavy atom. The van der Waals surface area contributed by atoms with Crippen molar-refractivity contribution in [1.82, 2.24) is 0 Å². The lowest BCUT2D eigenvalue weighted by molar-refractivity contribution is 0.143. The summed E-state index contributed by atoms with van der Waals surface area (Å²) in [6.07, 6.45) is 1.72. The number of ether oxygens (including phenoxy) is 1. The van der Waals surface area contributed by atoms with E-state index in [0.29, 0.717) is 5.75 Å². The first-order valence-corrected chi connectivity index (χ1v) is 6.45. The maximum Gasteiger partial charge on any atom is 0.511 e. The third kappa shape index (κ3) is 3.49. The van der Waals surface area contributed by atoms with Crippen molar-refractivity contribution in [2.75, 3.05) is 0 Å². The molecule has 0 radical (unpaired) electrons. The normalized spacial score (nSPS) is 11.3. The first kappa shape index (κ1) is 14.6. The summed E-state index contributed by atoms with van der Waals surface area (Å²) in [5, 5.41) is 8.79. The molecule has 0 saturated heterocycles. The number of carboxylic acid groups (broad SMARTS) is 1. The Bertz CT molecular complexity index is 422. The topological polar surface area (TPSA) is 46.5 Å². The van der Waals surface area contributed by atoms with Gasteiger partial charge in [0.15, 0.2) is 0 Å². The molecule has 0 aliphatic rings. The zero-order chi connectivity index (χ0) is 13.8. The molecule has 3 nitrogen and oxygen atoms in total. The second-order valence-electron chi connectivity index (χ2n) is 5.19. The van der Waals surface area contributed by atoms with E-state index >= 15 is 0 Å². The number of hydrogen-bond donors (Lipinski definition) is 1. The fourth-order valence-electron chi connectivity index (χ4n) is 2.27. The van der Waals surface area contributed by atoms with Gasteiger partial charge in [-0.05, 0) is 29.9 Å². The monoisotopic (exact) mass is 250 g/mol. The number of hydrogen-bond acceptors (Lipinski definition) is 2. The van der Waals surface area contributed by atoms with Crippen LogP contribution in [-0.4, -0.2) is 11.3 Å². The van der Waals surface area contributed by atoms with E-state index in [1.54, 1.807) is 6.07 Å². The van der Waals surface area contributed by atoms with Crippen LogP contribution in [0.15, 0.2) is 18.2 Å². The molecule has 3 heteroatoms. The fraction of sp³-hybridized carbons (Fsp3) is 0.533. The van der Waals surface area contributed by atoms with Crippen LogP contribution in [0, 0.1) is 0 Å². The van der Waals surface area contributed by atoms with Crippen molar-refractivity contribution in [3.63, 3.8) is 0 Å². The molecular formula is C15H22O3. The minimum atomic E-state index is -1.26. The molecule has 1 N–H and O–H groups in total. The van der Waals surface area contributed by atoms with Crippen molar-refractivity contribution >= 4 is 6.16 Å². The molecule has 1 aromatic rings. The largest absolute Gasteiger partial charge is 0.511 e. The van der Waals surface area contributed by atoms with E-state index in [4.69, 9.17) is 9.84 Å². The van der Waals surface area contributed by atoms with Gasteiger partial charge < -0.3 is 9.84 Å². The van der Waals surface area contributed by atoms with Crippen LogP contribution < -0.4 is 4.74 Å². The van der Waals surface area contributed by atoms with Crippen LogP contribution in [0.2, 0.25) is 0 Å². The van der Waals surface area contributed by atoms with Gasteiger partial charge in [-0.25, -0.2) is 4.79 Å². The quantitative estimate of drug-likeness (QED) is 0.623. The van der Waals surface area contributed by atoms with E-state index < -0.39 is 6.16 Å². The first-order valence-electron chi connectivity index (χ1n) is 6.45. The van der Waals surface area contributed by atoms with Crippen LogP contribution in [-0.2, 0) is 11.8 Å². The second-order valence-corrected chi connectivity index (χ2v) is 5.19. The van der Waals surface area contributed by atoms with Gasteiger partial charge in [-0.1, -0.05) is 46.2 Å². The van der Waals surface area contributed by atoms with Crippen molar-refractivity contribution in [3.05, 3.63) is 29.3 Å². The van der Waals surface area contributed by atoms with Gasteiger partial charge in [0.1, 0.15) is 5.75 Å². The Labute approximate surface area is 109 Å². The van der Waals surface area contributed by atoms with Crippen molar-refractivity contribution in [2.24, 2.45) is 0 Å². The number of aryl methyl sites for hydroxylation is 1. The molecule has 1 rings (SSSR count). The highest BCUT2D eigenvalue weighted by atomic mass is 16.7. The van der Waals surface area contributed by atoms with Gasteiger partial charge in [0.05, 0.1) is 0 Å². The third-order valence-electron chi connectivity index (χ3n) is 3.25. The predicted molar refractivity (Wildman–Crippen MR) is 72.4 cm³/mol. The maximum atomic E-state index is 10.7. The summed E-state index contributed by atoms with van der Waals surface area (Å²) in [5.74, 6) is 0.457. The van der Waals surface area contributed by atoms with Crippen molar-refractivity contribution in [1.29, 1.82) is 0 Å². The average molecular weight is 250 g/mol. The van der Waals surface area contributed by atoms with Crippen LogP contribution in [0.25, 0.3) is 0 Å². The standard InChI is InChI=1S/C15H22O3/c1-5-9-15(3,4)12-10-11(6-2)7-8-13(12)18-14(16)17/h7-8,10H,5-6,9H2,1-4H3,(H,16,17). The Kier molecular flexibility index (Phi) is 4.76. The van der Waals surface area contributed by atoms with Gasteiger partial charge in [0.2, 0.25) is 0 Å². The van der Waals surface area contributed by atoms with Gasteiger partial charge >= 0.3 is 6.16 Å². The summed E-state index contributed by atoms with van der Waals surface area (Å²) in [6.45, 7) is 8.47. The lowest BCUT2D eigenvalue weighted by atomic mass is 9.79. The summed E-state index contributed by atoms with van der Waals surface area (Å²) >= 11 is 0. The van der Waals surface area contributed by atoms with Gasteiger partial charge in [0.25, 0.3) is 0 Å². The van der Waals surface area contributed by atoms with E-state index in [1.807, 2.05) is 6.07 Å². The van der Waals surface area contributed by atoms with E-state index in [2.05, 4.69) is 33.8 Å². The van der Waals surface area contributed by atoms with Gasteiger partial charge in [-0.15, -0.1) is 0 Å². The molecule has 0 aliphatic heterocycles. The Morgan fingerprint density at radius 3 is 2.50 bits per heavy atom. The van der Waals surface area contributed by atoms with Crippen LogP contribution in [0.5, 0.6) is 5.75 Å². The van der Waals surface area contributed by atoms with Crippen LogP contribution in [0.4, 0.5) is 4.79 Å². The summed E-state index contributed by atoms with van der Waals surface area (Å²) in [5.41, 5.74) is 2.10. The van der Waals surface area contributed by atoms with Gasteiger partial charge in [0, 0.05) is 5.56 Å². The molecule has 0 fully saturated rings. The van der Waals surface area contributed by atoms with Gasteiger partial charge in [-0.3, -0.25) is 0 Å². The smallest absolute Gasteiger partial charge is 0.449 e. The lowest BCUT2D eigenvalue weighted by Crippen LogP contribution is -2.19. The van der Waals surface area contributed by atoms with E-state index in [0.717, 1.165) is 24.8 Å². The average Bonchev–Trinajstić information content (AvgIpc) is 2.28. The molecule has 0 saturated carbocycles. The number of rotatable bonds is 5. The molecule has 100 valence electrons. The molecule has 0 aromatic heterocycles. The Morgan fingerprint density at radius 1 is 1.33 bits per heavy atom. The molecule has 0 unspecified atom stereocenters. The van der Waals surface area contributed by atoms with E-state index in [1.165, 1.54) is 5.56 Å². The summed E-state index contributed by atoms with van der Waals surface area (Å²) < 4.78 is 4.89. The predicted octanol–water partition coefficient (Wildman–Crippen LogP) is 4.38. The van der Waals surface area contributed by atoms with Crippen LogP contribution in [0.3, 0.4) is 0 Å². The zero-order valence-corrected chi connectivity index (χ0v) is 11.6. The van der Waals surface area contributed by atoms with Crippen molar-refractivity contribution < 1.29 is 14.6 Å². The minimum Gasteiger partial charge on any atom is -0.449 e. The van der Waals surface area contributed by atoms with Crippen molar-refractivity contribution in [3.8, 4) is 5.75 Å². The van der Waals surface area contributed by atoms with Crippen LogP contribution in [0.1, 0.15) is 51.7 Å². The SMILES string of the molecule is CCCC(C)(C)c1cc(CC)ccc1OC(=O)O. The molecule has 0 heterocycles. The molecular weight excluding hydrogens is 228 g/mol.